The van der Waals surface area contributed by atoms with Gasteiger partial charge in [0.1, 0.15) is 0 Å². The lowest BCUT2D eigenvalue weighted by Gasteiger charge is -2.20. The number of nitrogens with two attached hydrogens (primary N) is 1. The first-order valence-corrected chi connectivity index (χ1v) is 5.89. The van der Waals surface area contributed by atoms with Crippen molar-refractivity contribution < 1.29 is 9.53 Å². The third kappa shape index (κ3) is 2.49. The number of amides is 1. The molecule has 2 bridgehead atoms. The molecule has 0 aromatic rings. The monoisotopic (exact) mass is 212 g/mol. The first-order chi connectivity index (χ1) is 7.19. The fraction of sp³-hybridized carbons (Fsp3) is 0.909. The molecule has 0 aromatic carbocycles. The number of fused-ring (bicyclic) bond motifs is 2. The van der Waals surface area contributed by atoms with Crippen LogP contribution in [0.5, 0.6) is 0 Å². The summed E-state index contributed by atoms with van der Waals surface area (Å²) in [6.07, 6.45) is 5.17. The standard InChI is InChI=1S/C11H20N2O2/c1-2-7(12)5-11(14)13-9-6-8-3-4-10(9)15-8/h7-10H,2-6,12H2,1H3,(H,13,14). The number of nitrogens with one attached hydrogen (secondary N) is 1. The first kappa shape index (κ1) is 10.9. The van der Waals surface area contributed by atoms with Crippen LogP contribution in [-0.2, 0) is 9.53 Å². The summed E-state index contributed by atoms with van der Waals surface area (Å²) in [5, 5.41) is 3.03. The summed E-state index contributed by atoms with van der Waals surface area (Å²) in [5.74, 6) is 0.0745. The third-order valence-corrected chi connectivity index (χ3v) is 3.42. The number of rotatable bonds is 4. The van der Waals surface area contributed by atoms with E-state index in [2.05, 4.69) is 5.32 Å². The minimum atomic E-state index is -0.00971. The Morgan fingerprint density at radius 2 is 2.40 bits per heavy atom. The van der Waals surface area contributed by atoms with Gasteiger partial charge in [-0.15, -0.1) is 0 Å². The van der Waals surface area contributed by atoms with E-state index >= 15 is 0 Å². The molecular weight excluding hydrogens is 192 g/mol. The molecule has 0 saturated carbocycles. The molecule has 4 nitrogen and oxygen atoms in total. The molecule has 1 amide bonds. The second kappa shape index (κ2) is 4.49. The lowest BCUT2D eigenvalue weighted by Crippen LogP contribution is -2.43. The van der Waals surface area contributed by atoms with E-state index in [1.165, 1.54) is 0 Å². The van der Waals surface area contributed by atoms with Crippen molar-refractivity contribution in [3.05, 3.63) is 0 Å². The molecule has 0 radical (unpaired) electrons. The molecule has 0 spiro atoms. The van der Waals surface area contributed by atoms with Crippen LogP contribution in [0.2, 0.25) is 0 Å². The highest BCUT2D eigenvalue weighted by atomic mass is 16.5. The first-order valence-electron chi connectivity index (χ1n) is 5.89. The van der Waals surface area contributed by atoms with Crippen molar-refractivity contribution in [1.29, 1.82) is 0 Å². The smallest absolute Gasteiger partial charge is 0.221 e. The maximum atomic E-state index is 11.6. The highest BCUT2D eigenvalue weighted by Crippen LogP contribution is 2.34. The van der Waals surface area contributed by atoms with Crippen LogP contribution in [-0.4, -0.2) is 30.2 Å². The summed E-state index contributed by atoms with van der Waals surface area (Å²) >= 11 is 0. The maximum absolute atomic E-state index is 11.6. The molecule has 3 N–H and O–H groups in total. The van der Waals surface area contributed by atoms with Gasteiger partial charge >= 0.3 is 0 Å². The molecular formula is C11H20N2O2. The third-order valence-electron chi connectivity index (χ3n) is 3.42. The van der Waals surface area contributed by atoms with E-state index in [0.717, 1.165) is 25.7 Å². The molecule has 2 aliphatic rings. The van der Waals surface area contributed by atoms with Crippen molar-refractivity contribution in [3.63, 3.8) is 0 Å². The van der Waals surface area contributed by atoms with Gasteiger partial charge in [0.05, 0.1) is 18.2 Å². The molecule has 86 valence electrons. The SMILES string of the molecule is CCC(N)CC(=O)NC1CC2CCC1O2. The van der Waals surface area contributed by atoms with Crippen molar-refractivity contribution in [2.24, 2.45) is 5.73 Å². The zero-order valence-corrected chi connectivity index (χ0v) is 9.24. The van der Waals surface area contributed by atoms with Gasteiger partial charge in [-0.1, -0.05) is 6.92 Å². The van der Waals surface area contributed by atoms with E-state index in [-0.39, 0.29) is 24.1 Å². The van der Waals surface area contributed by atoms with Gasteiger partial charge in [0, 0.05) is 12.5 Å². The molecule has 0 aromatic heterocycles. The summed E-state index contributed by atoms with van der Waals surface area (Å²) in [6.45, 7) is 2.00. The van der Waals surface area contributed by atoms with Gasteiger partial charge in [0.15, 0.2) is 0 Å². The van der Waals surface area contributed by atoms with Crippen LogP contribution in [0, 0.1) is 0 Å². The average molecular weight is 212 g/mol. The normalized spacial score (nSPS) is 35.5. The van der Waals surface area contributed by atoms with E-state index in [9.17, 15) is 4.79 Å². The largest absolute Gasteiger partial charge is 0.373 e. The zero-order valence-electron chi connectivity index (χ0n) is 9.24. The van der Waals surface area contributed by atoms with Crippen LogP contribution in [0.15, 0.2) is 0 Å². The van der Waals surface area contributed by atoms with E-state index in [1.54, 1.807) is 0 Å². The van der Waals surface area contributed by atoms with Gasteiger partial charge in [0.25, 0.3) is 0 Å². The second-order valence-electron chi connectivity index (χ2n) is 4.66. The van der Waals surface area contributed by atoms with Crippen molar-refractivity contribution in [1.82, 2.24) is 5.32 Å². The molecule has 15 heavy (non-hydrogen) atoms. The van der Waals surface area contributed by atoms with Crippen molar-refractivity contribution in [3.8, 4) is 0 Å². The number of ether oxygens (including phenoxy) is 1. The summed E-state index contributed by atoms with van der Waals surface area (Å²) in [7, 11) is 0. The predicted molar refractivity (Wildman–Crippen MR) is 57.3 cm³/mol. The van der Waals surface area contributed by atoms with Crippen LogP contribution in [0.3, 0.4) is 0 Å². The molecule has 4 heteroatoms. The van der Waals surface area contributed by atoms with Crippen molar-refractivity contribution >= 4 is 5.91 Å². The molecule has 2 saturated heterocycles. The van der Waals surface area contributed by atoms with Crippen LogP contribution in [0.4, 0.5) is 0 Å². The summed E-state index contributed by atoms with van der Waals surface area (Å²) in [5.41, 5.74) is 5.73. The van der Waals surface area contributed by atoms with Crippen LogP contribution in [0.25, 0.3) is 0 Å². The van der Waals surface area contributed by atoms with Crippen LogP contribution >= 0.6 is 0 Å². The fourth-order valence-electron chi connectivity index (χ4n) is 2.44. The molecule has 4 unspecified atom stereocenters. The minimum absolute atomic E-state index is 0.00971. The Bertz CT molecular complexity index is 245. The highest BCUT2D eigenvalue weighted by Gasteiger charge is 2.41. The lowest BCUT2D eigenvalue weighted by molar-refractivity contribution is -0.122. The quantitative estimate of drug-likeness (QED) is 0.715. The Balaban J connectivity index is 1.75. The Morgan fingerprint density at radius 3 is 2.93 bits per heavy atom. The molecule has 2 heterocycles. The summed E-state index contributed by atoms with van der Waals surface area (Å²) < 4.78 is 5.67. The fourth-order valence-corrected chi connectivity index (χ4v) is 2.44. The molecule has 2 fully saturated rings. The molecule has 4 atom stereocenters. The van der Waals surface area contributed by atoms with Crippen molar-refractivity contribution in [2.75, 3.05) is 0 Å². The predicted octanol–water partition coefficient (Wildman–Crippen LogP) is 0.550. The Labute approximate surface area is 90.5 Å². The molecule has 0 aliphatic carbocycles. The number of carbonyl (C=O) groups excluding carboxylic acids is 1. The number of hydrogen-bond acceptors (Lipinski definition) is 3. The van der Waals surface area contributed by atoms with E-state index in [4.69, 9.17) is 10.5 Å². The molecule has 2 rings (SSSR count). The zero-order chi connectivity index (χ0) is 10.8. The van der Waals surface area contributed by atoms with Crippen molar-refractivity contribution in [2.45, 2.75) is 63.3 Å². The Morgan fingerprint density at radius 1 is 1.60 bits per heavy atom. The summed E-state index contributed by atoms with van der Waals surface area (Å²) in [4.78, 5) is 11.6. The van der Waals surface area contributed by atoms with E-state index < -0.39 is 0 Å². The van der Waals surface area contributed by atoms with Gasteiger partial charge in [-0.05, 0) is 25.7 Å². The molecule has 2 aliphatic heterocycles. The van der Waals surface area contributed by atoms with Crippen LogP contribution in [0.1, 0.15) is 39.0 Å². The van der Waals surface area contributed by atoms with Gasteiger partial charge < -0.3 is 15.8 Å². The minimum Gasteiger partial charge on any atom is -0.373 e. The van der Waals surface area contributed by atoms with E-state index in [1.807, 2.05) is 6.92 Å². The lowest BCUT2D eigenvalue weighted by atomic mass is 9.95. The van der Waals surface area contributed by atoms with Gasteiger partial charge in [-0.3, -0.25) is 4.79 Å². The second-order valence-corrected chi connectivity index (χ2v) is 4.66. The topological polar surface area (TPSA) is 64.4 Å². The highest BCUT2D eigenvalue weighted by molar-refractivity contribution is 5.77. The van der Waals surface area contributed by atoms with Gasteiger partial charge in [-0.25, -0.2) is 0 Å². The van der Waals surface area contributed by atoms with Gasteiger partial charge in [0.2, 0.25) is 5.91 Å². The number of hydrogen-bond donors (Lipinski definition) is 2. The number of carbonyl (C=O) groups is 1. The Kier molecular flexibility index (Phi) is 3.26. The van der Waals surface area contributed by atoms with Crippen LogP contribution < -0.4 is 11.1 Å². The van der Waals surface area contributed by atoms with Gasteiger partial charge in [-0.2, -0.15) is 0 Å². The average Bonchev–Trinajstić information content (AvgIpc) is 2.78. The summed E-state index contributed by atoms with van der Waals surface area (Å²) in [6, 6.07) is 0.227. The van der Waals surface area contributed by atoms with E-state index in [0.29, 0.717) is 12.5 Å². The Hall–Kier alpha value is -0.610. The maximum Gasteiger partial charge on any atom is 0.221 e.